The first-order chi connectivity index (χ1) is 14.6. The predicted molar refractivity (Wildman–Crippen MR) is 118 cm³/mol. The van der Waals surface area contributed by atoms with Crippen LogP contribution in [0.3, 0.4) is 0 Å². The van der Waals surface area contributed by atoms with E-state index in [4.69, 9.17) is 4.74 Å². The van der Waals surface area contributed by atoms with Crippen molar-refractivity contribution in [2.75, 3.05) is 46.9 Å². The van der Waals surface area contributed by atoms with Crippen LogP contribution in [0.2, 0.25) is 0 Å². The second-order valence-corrected chi connectivity index (χ2v) is 8.34. The van der Waals surface area contributed by atoms with Gasteiger partial charge in [0.1, 0.15) is 6.54 Å². The van der Waals surface area contributed by atoms with Crippen molar-refractivity contribution in [3.05, 3.63) is 30.1 Å². The highest BCUT2D eigenvalue weighted by atomic mass is 16.5. The molecule has 1 atom stereocenters. The number of amides is 1. The van der Waals surface area contributed by atoms with E-state index in [2.05, 4.69) is 31.6 Å². The number of nitrogens with one attached hydrogen (secondary N) is 2. The lowest BCUT2D eigenvalue weighted by Crippen LogP contribution is -2.50. The minimum Gasteiger partial charge on any atom is -0.376 e. The van der Waals surface area contributed by atoms with E-state index in [0.717, 1.165) is 64.2 Å². The number of hydrogen-bond acceptors (Lipinski definition) is 5. The second kappa shape index (κ2) is 11.9. The number of aromatic nitrogens is 1. The third-order valence-corrected chi connectivity index (χ3v) is 5.68. The molecule has 2 aliphatic heterocycles. The first-order valence-electron chi connectivity index (χ1n) is 11.1. The number of likely N-dealkylation sites (tertiary alicyclic amines) is 1. The molecule has 2 saturated heterocycles. The molecule has 0 aliphatic carbocycles. The van der Waals surface area contributed by atoms with E-state index >= 15 is 0 Å². The number of carbonyl (C=O) groups excluding carboxylic acids is 1. The van der Waals surface area contributed by atoms with Crippen LogP contribution in [-0.2, 0) is 16.1 Å². The van der Waals surface area contributed by atoms with Crippen LogP contribution >= 0.6 is 0 Å². The van der Waals surface area contributed by atoms with E-state index in [0.29, 0.717) is 12.0 Å². The molecule has 1 aromatic heterocycles. The zero-order chi connectivity index (χ0) is 21.2. The van der Waals surface area contributed by atoms with Gasteiger partial charge < -0.3 is 20.3 Å². The number of likely N-dealkylation sites (N-methyl/N-ethyl adjacent to an activating group) is 1. The molecule has 1 unspecified atom stereocenters. The molecule has 2 fully saturated rings. The Balaban J connectivity index is 1.49. The van der Waals surface area contributed by atoms with Crippen molar-refractivity contribution < 1.29 is 9.53 Å². The minimum absolute atomic E-state index is 0.00445. The van der Waals surface area contributed by atoms with E-state index in [1.807, 2.05) is 18.3 Å². The van der Waals surface area contributed by atoms with Crippen LogP contribution in [0.4, 0.5) is 0 Å². The van der Waals surface area contributed by atoms with Crippen LogP contribution in [0, 0.1) is 0 Å². The average molecular weight is 417 g/mol. The molecule has 0 radical (unpaired) electrons. The molecule has 0 spiro atoms. The summed E-state index contributed by atoms with van der Waals surface area (Å²) in [4.78, 5) is 25.0. The lowest BCUT2D eigenvalue weighted by molar-refractivity contribution is -0.127. The van der Waals surface area contributed by atoms with Crippen LogP contribution in [0.25, 0.3) is 0 Å². The first-order valence-corrected chi connectivity index (χ1v) is 11.1. The first kappa shape index (κ1) is 22.5. The number of hydrogen-bond donors (Lipinski definition) is 2. The molecule has 0 aromatic carbocycles. The Bertz CT molecular complexity index is 667. The summed E-state index contributed by atoms with van der Waals surface area (Å²) in [6, 6.07) is 6.41. The van der Waals surface area contributed by atoms with Crippen LogP contribution in [0.15, 0.2) is 29.4 Å². The molecule has 1 amide bonds. The van der Waals surface area contributed by atoms with E-state index < -0.39 is 0 Å². The third kappa shape index (κ3) is 7.57. The number of carbonyl (C=O) groups is 1. The molecule has 0 saturated carbocycles. The highest BCUT2D eigenvalue weighted by Crippen LogP contribution is 2.14. The van der Waals surface area contributed by atoms with Gasteiger partial charge in [0.05, 0.1) is 11.8 Å². The van der Waals surface area contributed by atoms with Gasteiger partial charge in [0.2, 0.25) is 5.91 Å². The Morgan fingerprint density at radius 3 is 2.77 bits per heavy atom. The van der Waals surface area contributed by atoms with Gasteiger partial charge in [-0.25, -0.2) is 4.99 Å². The second-order valence-electron chi connectivity index (χ2n) is 8.34. The van der Waals surface area contributed by atoms with Gasteiger partial charge >= 0.3 is 0 Å². The normalized spacial score (nSPS) is 21.3. The van der Waals surface area contributed by atoms with Crippen LogP contribution in [0.5, 0.6) is 0 Å². The molecular formula is C22H36N6O2. The number of piperidine rings is 1. The summed E-state index contributed by atoms with van der Waals surface area (Å²) in [7, 11) is 3.51. The van der Waals surface area contributed by atoms with Gasteiger partial charge in [-0.2, -0.15) is 0 Å². The van der Waals surface area contributed by atoms with Gasteiger partial charge in [-0.15, -0.1) is 0 Å². The van der Waals surface area contributed by atoms with Crippen molar-refractivity contribution in [2.24, 2.45) is 4.99 Å². The standard InChI is InChI=1S/C22H36N6O2/c1-27(2)21(29)16-25-22(24-15-20-8-4-6-14-30-20)26-18-9-12-28(13-10-18)17-19-7-3-5-11-23-19/h3,5,7,11,18,20H,4,6,8-10,12-17H2,1-2H3,(H2,24,25,26). The van der Waals surface area contributed by atoms with Gasteiger partial charge in [0.15, 0.2) is 5.96 Å². The molecule has 30 heavy (non-hydrogen) atoms. The van der Waals surface area contributed by atoms with Crippen molar-refractivity contribution in [1.82, 2.24) is 25.4 Å². The maximum atomic E-state index is 12.0. The molecule has 166 valence electrons. The average Bonchev–Trinajstić information content (AvgIpc) is 2.78. The third-order valence-electron chi connectivity index (χ3n) is 5.68. The fraction of sp³-hybridized carbons (Fsp3) is 0.682. The highest BCUT2D eigenvalue weighted by molar-refractivity contribution is 5.84. The fourth-order valence-electron chi connectivity index (χ4n) is 3.77. The molecule has 2 aliphatic rings. The Morgan fingerprint density at radius 1 is 1.27 bits per heavy atom. The van der Waals surface area contributed by atoms with Crippen molar-refractivity contribution in [3.8, 4) is 0 Å². The summed E-state index contributed by atoms with van der Waals surface area (Å²) < 4.78 is 5.82. The van der Waals surface area contributed by atoms with Gasteiger partial charge in [-0.05, 0) is 44.2 Å². The van der Waals surface area contributed by atoms with Crippen LogP contribution < -0.4 is 10.6 Å². The lowest BCUT2D eigenvalue weighted by Gasteiger charge is -2.33. The fourth-order valence-corrected chi connectivity index (χ4v) is 3.77. The van der Waals surface area contributed by atoms with Crippen molar-refractivity contribution in [3.63, 3.8) is 0 Å². The number of guanidine groups is 1. The molecule has 1 aromatic rings. The number of pyridine rings is 1. The SMILES string of the molecule is CN(C)C(=O)CN=C(NCC1CCCCO1)NC1CCN(Cc2ccccn2)CC1. The van der Waals surface area contributed by atoms with E-state index in [1.54, 1.807) is 19.0 Å². The largest absolute Gasteiger partial charge is 0.376 e. The Labute approximate surface area is 180 Å². The van der Waals surface area contributed by atoms with Gasteiger partial charge in [-0.1, -0.05) is 6.07 Å². The number of ether oxygens (including phenoxy) is 1. The Kier molecular flexibility index (Phi) is 8.89. The monoisotopic (exact) mass is 416 g/mol. The Morgan fingerprint density at radius 2 is 2.10 bits per heavy atom. The minimum atomic E-state index is -0.00445. The quantitative estimate of drug-likeness (QED) is 0.514. The van der Waals surface area contributed by atoms with Crippen molar-refractivity contribution in [2.45, 2.75) is 50.8 Å². The van der Waals surface area contributed by atoms with E-state index in [9.17, 15) is 4.79 Å². The molecule has 3 rings (SSSR count). The zero-order valence-electron chi connectivity index (χ0n) is 18.3. The topological polar surface area (TPSA) is 82.1 Å². The van der Waals surface area contributed by atoms with E-state index in [-0.39, 0.29) is 18.6 Å². The molecular weight excluding hydrogens is 380 g/mol. The van der Waals surface area contributed by atoms with E-state index in [1.165, 1.54) is 6.42 Å². The van der Waals surface area contributed by atoms with Crippen LogP contribution in [-0.4, -0.2) is 85.7 Å². The Hall–Kier alpha value is -2.19. The number of aliphatic imine (C=N–C) groups is 1. The van der Waals surface area contributed by atoms with Gasteiger partial charge in [-0.3, -0.25) is 14.7 Å². The van der Waals surface area contributed by atoms with Gasteiger partial charge in [0, 0.05) is 59.1 Å². The summed E-state index contributed by atoms with van der Waals surface area (Å²) in [6.45, 7) is 4.63. The molecule has 8 heteroatoms. The summed E-state index contributed by atoms with van der Waals surface area (Å²) in [5.41, 5.74) is 1.11. The molecule has 0 bridgehead atoms. The van der Waals surface area contributed by atoms with Crippen molar-refractivity contribution in [1.29, 1.82) is 0 Å². The summed E-state index contributed by atoms with van der Waals surface area (Å²) in [6.07, 6.45) is 7.57. The van der Waals surface area contributed by atoms with Crippen molar-refractivity contribution >= 4 is 11.9 Å². The lowest BCUT2D eigenvalue weighted by atomic mass is 10.0. The smallest absolute Gasteiger partial charge is 0.243 e. The highest BCUT2D eigenvalue weighted by Gasteiger charge is 2.21. The predicted octanol–water partition coefficient (Wildman–Crippen LogP) is 1.24. The number of rotatable bonds is 7. The van der Waals surface area contributed by atoms with Gasteiger partial charge in [0.25, 0.3) is 0 Å². The zero-order valence-corrected chi connectivity index (χ0v) is 18.3. The molecule has 3 heterocycles. The summed E-state index contributed by atoms with van der Waals surface area (Å²) in [5, 5.41) is 6.95. The van der Waals surface area contributed by atoms with Crippen LogP contribution in [0.1, 0.15) is 37.8 Å². The summed E-state index contributed by atoms with van der Waals surface area (Å²) >= 11 is 0. The molecule has 2 N–H and O–H groups in total. The summed E-state index contributed by atoms with van der Waals surface area (Å²) in [5.74, 6) is 0.706. The maximum absolute atomic E-state index is 12.0. The number of nitrogens with zero attached hydrogens (tertiary/aromatic N) is 4. The maximum Gasteiger partial charge on any atom is 0.243 e. The molecule has 8 nitrogen and oxygen atoms in total.